The van der Waals surface area contributed by atoms with Gasteiger partial charge in [0.1, 0.15) is 10.1 Å². The standard InChI is InChI=1S/C19H24O4S.Na/c1-3-5-9-15-14-11-7-8-12-16(14)18(13-20)19(24(21,22)23)17(15)10-6-4-2;/h7-8,11-13H,3-6,9-10H2,1-2H3,(H,21,22,23);/q;+1/p-1. The van der Waals surface area contributed by atoms with Gasteiger partial charge in [0.25, 0.3) is 0 Å². The average molecular weight is 370 g/mol. The number of carbonyl (C=O) groups excluding carboxylic acids is 1. The molecule has 0 saturated heterocycles. The van der Waals surface area contributed by atoms with Gasteiger partial charge in [-0.1, -0.05) is 51.0 Å². The Morgan fingerprint density at radius 1 is 0.960 bits per heavy atom. The van der Waals surface area contributed by atoms with Gasteiger partial charge in [0.2, 0.25) is 0 Å². The Balaban J connectivity index is 0.00000312. The van der Waals surface area contributed by atoms with Crippen LogP contribution in [0.2, 0.25) is 0 Å². The number of benzene rings is 2. The number of aryl methyl sites for hydroxylation is 1. The molecule has 0 atom stereocenters. The summed E-state index contributed by atoms with van der Waals surface area (Å²) in [5.74, 6) is 0. The van der Waals surface area contributed by atoms with E-state index in [1.165, 1.54) is 0 Å². The molecule has 0 aliphatic rings. The molecule has 25 heavy (non-hydrogen) atoms. The number of carbonyl (C=O) groups is 1. The molecule has 0 fully saturated rings. The third kappa shape index (κ3) is 4.92. The maximum atomic E-state index is 12.0. The molecule has 130 valence electrons. The fourth-order valence-corrected chi connectivity index (χ4v) is 4.18. The average Bonchev–Trinajstić information content (AvgIpc) is 2.56. The molecule has 2 aromatic carbocycles. The molecule has 0 bridgehead atoms. The van der Waals surface area contributed by atoms with E-state index in [0.717, 1.165) is 36.6 Å². The van der Waals surface area contributed by atoms with Crippen LogP contribution in [-0.2, 0) is 23.0 Å². The minimum Gasteiger partial charge on any atom is -0.744 e. The van der Waals surface area contributed by atoms with Gasteiger partial charge in [-0.3, -0.25) is 4.79 Å². The Morgan fingerprint density at radius 3 is 1.96 bits per heavy atom. The summed E-state index contributed by atoms with van der Waals surface area (Å²) in [7, 11) is -4.73. The Labute approximate surface area is 172 Å². The first-order valence-electron chi connectivity index (χ1n) is 8.43. The number of unbranched alkanes of at least 4 members (excludes halogenated alkanes) is 2. The summed E-state index contributed by atoms with van der Waals surface area (Å²) in [6.45, 7) is 4.08. The number of fused-ring (bicyclic) bond motifs is 1. The Morgan fingerprint density at radius 2 is 1.48 bits per heavy atom. The van der Waals surface area contributed by atoms with E-state index >= 15 is 0 Å². The van der Waals surface area contributed by atoms with Crippen LogP contribution >= 0.6 is 0 Å². The van der Waals surface area contributed by atoms with Gasteiger partial charge in [-0.25, -0.2) is 8.42 Å². The number of rotatable bonds is 8. The minimum atomic E-state index is -4.73. The van der Waals surface area contributed by atoms with Crippen molar-refractivity contribution in [2.75, 3.05) is 0 Å². The zero-order valence-electron chi connectivity index (χ0n) is 15.2. The van der Waals surface area contributed by atoms with Crippen molar-refractivity contribution in [1.29, 1.82) is 0 Å². The van der Waals surface area contributed by atoms with Crippen molar-refractivity contribution in [1.82, 2.24) is 0 Å². The molecule has 0 N–H and O–H groups in total. The van der Waals surface area contributed by atoms with Crippen molar-refractivity contribution >= 4 is 27.2 Å². The van der Waals surface area contributed by atoms with Gasteiger partial charge >= 0.3 is 29.6 Å². The molecule has 0 saturated carbocycles. The first-order chi connectivity index (χ1) is 11.5. The molecule has 0 heterocycles. The molecule has 0 radical (unpaired) electrons. The van der Waals surface area contributed by atoms with Gasteiger partial charge in [-0.15, -0.1) is 0 Å². The van der Waals surface area contributed by atoms with Crippen LogP contribution in [0.4, 0.5) is 0 Å². The molecule has 2 aromatic rings. The third-order valence-electron chi connectivity index (χ3n) is 4.35. The van der Waals surface area contributed by atoms with Crippen molar-refractivity contribution in [2.45, 2.75) is 57.3 Å². The first kappa shape index (κ1) is 22.3. The second kappa shape index (κ2) is 9.83. The van der Waals surface area contributed by atoms with E-state index in [0.29, 0.717) is 30.1 Å². The molecule has 0 spiro atoms. The monoisotopic (exact) mass is 370 g/mol. The Kier molecular flexibility index (Phi) is 8.78. The van der Waals surface area contributed by atoms with E-state index < -0.39 is 10.1 Å². The van der Waals surface area contributed by atoms with E-state index in [1.807, 2.05) is 19.1 Å². The summed E-state index contributed by atoms with van der Waals surface area (Å²) in [6.07, 6.45) is 5.24. The molecule has 6 heteroatoms. The van der Waals surface area contributed by atoms with Gasteiger partial charge in [0.15, 0.2) is 6.29 Å². The van der Waals surface area contributed by atoms with Crippen molar-refractivity contribution in [3.63, 3.8) is 0 Å². The van der Waals surface area contributed by atoms with Crippen molar-refractivity contribution in [3.05, 3.63) is 41.0 Å². The normalized spacial score (nSPS) is 11.3. The molecular formula is C19H23NaO4S. The van der Waals surface area contributed by atoms with Gasteiger partial charge < -0.3 is 4.55 Å². The predicted octanol–water partition coefficient (Wildman–Crippen LogP) is 1.25. The summed E-state index contributed by atoms with van der Waals surface area (Å²) in [4.78, 5) is 11.3. The second-order valence-electron chi connectivity index (χ2n) is 6.02. The zero-order valence-corrected chi connectivity index (χ0v) is 18.0. The third-order valence-corrected chi connectivity index (χ3v) is 5.32. The Hall–Kier alpha value is -0.720. The Bertz CT molecular complexity index is 844. The molecule has 4 nitrogen and oxygen atoms in total. The van der Waals surface area contributed by atoms with Gasteiger partial charge in [-0.05, 0) is 47.6 Å². The van der Waals surface area contributed by atoms with Crippen LogP contribution < -0.4 is 29.6 Å². The quantitative estimate of drug-likeness (QED) is 0.398. The van der Waals surface area contributed by atoms with Gasteiger partial charge in [-0.2, -0.15) is 0 Å². The maximum Gasteiger partial charge on any atom is 1.00 e. The van der Waals surface area contributed by atoms with Gasteiger partial charge in [0.05, 0.1) is 4.90 Å². The SMILES string of the molecule is CCCCc1c(S(=O)(=O)[O-])c(C=O)c2ccccc2c1CCCC.[Na+]. The van der Waals surface area contributed by atoms with Crippen molar-refractivity contribution < 1.29 is 47.3 Å². The van der Waals surface area contributed by atoms with Crippen molar-refractivity contribution in [3.8, 4) is 0 Å². The maximum absolute atomic E-state index is 12.0. The first-order valence-corrected chi connectivity index (χ1v) is 9.84. The van der Waals surface area contributed by atoms with Crippen molar-refractivity contribution in [2.24, 2.45) is 0 Å². The molecular weight excluding hydrogens is 347 g/mol. The van der Waals surface area contributed by atoms with E-state index in [4.69, 9.17) is 0 Å². The van der Waals surface area contributed by atoms with Crippen LogP contribution in [0.1, 0.15) is 61.0 Å². The summed E-state index contributed by atoms with van der Waals surface area (Å²) in [6, 6.07) is 7.25. The fraction of sp³-hybridized carbons (Fsp3) is 0.421. The van der Waals surface area contributed by atoms with Crippen LogP contribution in [0.5, 0.6) is 0 Å². The van der Waals surface area contributed by atoms with E-state index in [9.17, 15) is 17.8 Å². The summed E-state index contributed by atoms with van der Waals surface area (Å²) in [5.41, 5.74) is 1.45. The van der Waals surface area contributed by atoms with E-state index in [2.05, 4.69) is 6.92 Å². The van der Waals surface area contributed by atoms with Crippen LogP contribution in [-0.4, -0.2) is 19.3 Å². The molecule has 0 amide bonds. The second-order valence-corrected chi connectivity index (χ2v) is 7.34. The van der Waals surface area contributed by atoms with Crippen LogP contribution in [0, 0.1) is 0 Å². The van der Waals surface area contributed by atoms with E-state index in [1.54, 1.807) is 12.1 Å². The fourth-order valence-electron chi connectivity index (χ4n) is 3.23. The van der Waals surface area contributed by atoms with Crippen LogP contribution in [0.15, 0.2) is 29.2 Å². The minimum absolute atomic E-state index is 0. The smallest absolute Gasteiger partial charge is 0.744 e. The number of aldehydes is 1. The molecule has 0 unspecified atom stereocenters. The molecule has 0 aromatic heterocycles. The number of hydrogen-bond acceptors (Lipinski definition) is 4. The van der Waals surface area contributed by atoms with Crippen LogP contribution in [0.3, 0.4) is 0 Å². The molecule has 0 aliphatic carbocycles. The predicted molar refractivity (Wildman–Crippen MR) is 94.5 cm³/mol. The summed E-state index contributed by atoms with van der Waals surface area (Å²) >= 11 is 0. The summed E-state index contributed by atoms with van der Waals surface area (Å²) in [5, 5.41) is 1.43. The van der Waals surface area contributed by atoms with Crippen LogP contribution in [0.25, 0.3) is 10.8 Å². The molecule has 2 rings (SSSR count). The molecule has 0 aliphatic heterocycles. The largest absolute Gasteiger partial charge is 1.00 e. The summed E-state index contributed by atoms with van der Waals surface area (Å²) < 4.78 is 35.9. The van der Waals surface area contributed by atoms with E-state index in [-0.39, 0.29) is 40.0 Å². The number of hydrogen-bond donors (Lipinski definition) is 0. The topological polar surface area (TPSA) is 74.3 Å². The zero-order chi connectivity index (χ0) is 17.7. The van der Waals surface area contributed by atoms with Gasteiger partial charge in [0, 0.05) is 5.56 Å².